The zero-order valence-corrected chi connectivity index (χ0v) is 13.8. The Morgan fingerprint density at radius 1 is 1.24 bits per heavy atom. The van der Waals surface area contributed by atoms with Crippen LogP contribution in [0.4, 0.5) is 0 Å². The minimum absolute atomic E-state index is 0.467. The average Bonchev–Trinajstić information content (AvgIpc) is 3.01. The Labute approximate surface area is 134 Å². The van der Waals surface area contributed by atoms with Crippen molar-refractivity contribution in [2.45, 2.75) is 31.8 Å². The third kappa shape index (κ3) is 4.63. The molecule has 0 bridgehead atoms. The zero-order chi connectivity index (χ0) is 14.5. The van der Waals surface area contributed by atoms with Crippen LogP contribution in [0.5, 0.6) is 6.01 Å². The number of nitrogens with zero attached hydrogens (tertiary/aromatic N) is 3. The summed E-state index contributed by atoms with van der Waals surface area (Å²) in [5, 5.41) is 0. The monoisotopic (exact) mass is 355 g/mol. The first-order valence-corrected chi connectivity index (χ1v) is 8.53. The van der Waals surface area contributed by atoms with Gasteiger partial charge in [0.25, 0.3) is 0 Å². The van der Waals surface area contributed by atoms with Crippen molar-refractivity contribution in [1.29, 1.82) is 0 Å². The van der Waals surface area contributed by atoms with Gasteiger partial charge in [0, 0.05) is 25.5 Å². The number of halogens is 1. The molecule has 1 aromatic heterocycles. The van der Waals surface area contributed by atoms with E-state index in [1.165, 1.54) is 25.7 Å². The first-order chi connectivity index (χ1) is 10.3. The molecule has 2 aliphatic heterocycles. The molecule has 0 aliphatic carbocycles. The lowest BCUT2D eigenvalue weighted by Crippen LogP contribution is -2.39. The highest BCUT2D eigenvalue weighted by Crippen LogP contribution is 2.21. The van der Waals surface area contributed by atoms with Crippen molar-refractivity contribution < 1.29 is 9.47 Å². The SMILES string of the molecule is Brc1cnc(OCC2CCN(CC3CCCO3)CC2)nc1. The fourth-order valence-electron chi connectivity index (χ4n) is 2.98. The van der Waals surface area contributed by atoms with Crippen LogP contribution >= 0.6 is 15.9 Å². The van der Waals surface area contributed by atoms with Gasteiger partial charge in [0.15, 0.2) is 0 Å². The molecule has 3 heterocycles. The van der Waals surface area contributed by atoms with E-state index in [-0.39, 0.29) is 0 Å². The van der Waals surface area contributed by atoms with Gasteiger partial charge >= 0.3 is 6.01 Å². The van der Waals surface area contributed by atoms with Crippen LogP contribution in [-0.4, -0.2) is 53.8 Å². The second kappa shape index (κ2) is 7.51. The molecule has 0 aromatic carbocycles. The molecule has 2 saturated heterocycles. The first kappa shape index (κ1) is 15.2. The summed E-state index contributed by atoms with van der Waals surface area (Å²) in [6.45, 7) is 5.06. The van der Waals surface area contributed by atoms with E-state index in [0.717, 1.165) is 37.3 Å². The Bertz CT molecular complexity index is 429. The molecular weight excluding hydrogens is 334 g/mol. The van der Waals surface area contributed by atoms with Gasteiger partial charge in [0.2, 0.25) is 0 Å². The predicted molar refractivity (Wildman–Crippen MR) is 83.4 cm³/mol. The van der Waals surface area contributed by atoms with Gasteiger partial charge in [0.05, 0.1) is 17.2 Å². The molecular formula is C15H22BrN3O2. The van der Waals surface area contributed by atoms with Crippen LogP contribution in [0, 0.1) is 5.92 Å². The molecule has 5 nitrogen and oxygen atoms in total. The maximum Gasteiger partial charge on any atom is 0.316 e. The highest BCUT2D eigenvalue weighted by atomic mass is 79.9. The summed E-state index contributed by atoms with van der Waals surface area (Å²) in [6.07, 6.45) is 8.71. The minimum atomic E-state index is 0.467. The first-order valence-electron chi connectivity index (χ1n) is 7.74. The van der Waals surface area contributed by atoms with Gasteiger partial charge in [-0.2, -0.15) is 0 Å². The van der Waals surface area contributed by atoms with E-state index >= 15 is 0 Å². The standard InChI is InChI=1S/C15H22BrN3O2/c16-13-8-17-15(18-9-13)21-11-12-3-5-19(6-4-12)10-14-2-1-7-20-14/h8-9,12,14H,1-7,10-11H2. The molecule has 1 atom stereocenters. The third-order valence-electron chi connectivity index (χ3n) is 4.24. The molecule has 3 rings (SSSR count). The van der Waals surface area contributed by atoms with Crippen LogP contribution in [0.25, 0.3) is 0 Å². The van der Waals surface area contributed by atoms with Crippen molar-refractivity contribution in [3.8, 4) is 6.01 Å². The van der Waals surface area contributed by atoms with E-state index in [4.69, 9.17) is 9.47 Å². The molecule has 0 spiro atoms. The second-order valence-corrected chi connectivity index (χ2v) is 6.79. The van der Waals surface area contributed by atoms with Gasteiger partial charge in [-0.1, -0.05) is 0 Å². The van der Waals surface area contributed by atoms with Crippen molar-refractivity contribution in [3.05, 3.63) is 16.9 Å². The van der Waals surface area contributed by atoms with Gasteiger partial charge in [-0.05, 0) is 60.6 Å². The lowest BCUT2D eigenvalue weighted by molar-refractivity contribution is 0.0543. The van der Waals surface area contributed by atoms with Gasteiger partial charge in [-0.3, -0.25) is 0 Å². The maximum atomic E-state index is 5.71. The topological polar surface area (TPSA) is 47.5 Å². The number of piperidine rings is 1. The highest BCUT2D eigenvalue weighted by Gasteiger charge is 2.24. The summed E-state index contributed by atoms with van der Waals surface area (Å²) in [7, 11) is 0. The third-order valence-corrected chi connectivity index (χ3v) is 4.65. The number of aromatic nitrogens is 2. The summed E-state index contributed by atoms with van der Waals surface area (Å²) in [5.41, 5.74) is 0. The quantitative estimate of drug-likeness (QED) is 0.811. The molecule has 1 aromatic rings. The lowest BCUT2D eigenvalue weighted by atomic mass is 9.97. The van der Waals surface area contributed by atoms with Gasteiger partial charge in [-0.15, -0.1) is 0 Å². The van der Waals surface area contributed by atoms with Gasteiger partial charge in [-0.25, -0.2) is 9.97 Å². The molecule has 21 heavy (non-hydrogen) atoms. The highest BCUT2D eigenvalue weighted by molar-refractivity contribution is 9.10. The fourth-order valence-corrected chi connectivity index (χ4v) is 3.18. The molecule has 116 valence electrons. The average molecular weight is 356 g/mol. The molecule has 2 fully saturated rings. The smallest absolute Gasteiger partial charge is 0.316 e. The van der Waals surface area contributed by atoms with Crippen molar-refractivity contribution in [2.24, 2.45) is 5.92 Å². The van der Waals surface area contributed by atoms with Crippen LogP contribution in [0.15, 0.2) is 16.9 Å². The number of rotatable bonds is 5. The van der Waals surface area contributed by atoms with Crippen LogP contribution < -0.4 is 4.74 Å². The van der Waals surface area contributed by atoms with Crippen molar-refractivity contribution in [3.63, 3.8) is 0 Å². The molecule has 1 unspecified atom stereocenters. The zero-order valence-electron chi connectivity index (χ0n) is 12.2. The van der Waals surface area contributed by atoms with Crippen molar-refractivity contribution >= 4 is 15.9 Å². The van der Waals surface area contributed by atoms with E-state index < -0.39 is 0 Å². The Hall–Kier alpha value is -0.720. The Balaban J connectivity index is 1.36. The van der Waals surface area contributed by atoms with Crippen molar-refractivity contribution in [1.82, 2.24) is 14.9 Å². The van der Waals surface area contributed by atoms with E-state index in [9.17, 15) is 0 Å². The van der Waals surface area contributed by atoms with Gasteiger partial charge in [0.1, 0.15) is 0 Å². The fraction of sp³-hybridized carbons (Fsp3) is 0.733. The Kier molecular flexibility index (Phi) is 5.43. The van der Waals surface area contributed by atoms with E-state index in [2.05, 4.69) is 30.8 Å². The van der Waals surface area contributed by atoms with Crippen molar-refractivity contribution in [2.75, 3.05) is 32.8 Å². The summed E-state index contributed by atoms with van der Waals surface area (Å²) in [5.74, 6) is 0.609. The maximum absolute atomic E-state index is 5.71. The predicted octanol–water partition coefficient (Wildman–Crippen LogP) is 2.51. The summed E-state index contributed by atoms with van der Waals surface area (Å²) in [6, 6.07) is 0.472. The normalized spacial score (nSPS) is 24.3. The minimum Gasteiger partial charge on any atom is -0.463 e. The van der Waals surface area contributed by atoms with E-state index in [0.29, 0.717) is 18.0 Å². The number of hydrogen-bond donors (Lipinski definition) is 0. The molecule has 6 heteroatoms. The molecule has 0 N–H and O–H groups in total. The number of likely N-dealkylation sites (tertiary alicyclic amines) is 1. The van der Waals surface area contributed by atoms with E-state index in [1.54, 1.807) is 12.4 Å². The van der Waals surface area contributed by atoms with Crippen LogP contribution in [-0.2, 0) is 4.74 Å². The Morgan fingerprint density at radius 3 is 2.67 bits per heavy atom. The molecule has 0 radical (unpaired) electrons. The Morgan fingerprint density at radius 2 is 2.00 bits per heavy atom. The van der Waals surface area contributed by atoms with Crippen LogP contribution in [0.1, 0.15) is 25.7 Å². The second-order valence-electron chi connectivity index (χ2n) is 5.87. The lowest BCUT2D eigenvalue weighted by Gasteiger charge is -2.32. The molecule has 0 amide bonds. The number of ether oxygens (including phenoxy) is 2. The van der Waals surface area contributed by atoms with Gasteiger partial charge < -0.3 is 14.4 Å². The molecule has 0 saturated carbocycles. The molecule has 2 aliphatic rings. The number of hydrogen-bond acceptors (Lipinski definition) is 5. The van der Waals surface area contributed by atoms with Crippen LogP contribution in [0.2, 0.25) is 0 Å². The largest absolute Gasteiger partial charge is 0.463 e. The summed E-state index contributed by atoms with van der Waals surface area (Å²) < 4.78 is 12.3. The summed E-state index contributed by atoms with van der Waals surface area (Å²) in [4.78, 5) is 10.8. The van der Waals surface area contributed by atoms with Crippen LogP contribution in [0.3, 0.4) is 0 Å². The summed E-state index contributed by atoms with van der Waals surface area (Å²) >= 11 is 3.32. The van der Waals surface area contributed by atoms with E-state index in [1.807, 2.05) is 0 Å².